The Bertz CT molecular complexity index is 428. The molecule has 0 spiro atoms. The van der Waals surface area contributed by atoms with Crippen LogP contribution in [-0.4, -0.2) is 19.6 Å². The molecule has 1 aromatic rings. The first-order valence-electron chi connectivity index (χ1n) is 6.96. The second-order valence-electron chi connectivity index (χ2n) is 5.54. The Morgan fingerprint density at radius 1 is 1.37 bits per heavy atom. The average Bonchev–Trinajstić information content (AvgIpc) is 2.43. The third-order valence-electron chi connectivity index (χ3n) is 4.45. The number of nitrogens with one attached hydrogen (secondary N) is 1. The van der Waals surface area contributed by atoms with E-state index in [2.05, 4.69) is 18.3 Å². The van der Waals surface area contributed by atoms with Crippen LogP contribution >= 0.6 is 23.2 Å². The minimum absolute atomic E-state index is 0.131. The first-order valence-corrected chi connectivity index (χ1v) is 7.72. The van der Waals surface area contributed by atoms with Crippen LogP contribution < -0.4 is 11.1 Å². The monoisotopic (exact) mass is 300 g/mol. The Hall–Kier alpha value is -0.280. The first kappa shape index (κ1) is 15.1. The molecule has 3 N–H and O–H groups in total. The highest BCUT2D eigenvalue weighted by atomic mass is 35.5. The van der Waals surface area contributed by atoms with E-state index in [0.717, 1.165) is 26.1 Å². The molecule has 2 unspecified atom stereocenters. The van der Waals surface area contributed by atoms with Crippen LogP contribution in [0.1, 0.15) is 31.7 Å². The standard InChI is InChI=1S/C15H22Cl2N2/c1-11(5-7-18)15(6-2-8-19-10-15)12-3-4-13(16)14(17)9-12/h3-4,9,11,19H,2,5-8,10,18H2,1H3. The summed E-state index contributed by atoms with van der Waals surface area (Å²) in [6.45, 7) is 5.11. The fourth-order valence-electron chi connectivity index (χ4n) is 3.21. The molecule has 0 radical (unpaired) electrons. The molecule has 1 aliphatic heterocycles. The van der Waals surface area contributed by atoms with Crippen LogP contribution in [0.4, 0.5) is 0 Å². The molecule has 0 saturated carbocycles. The second-order valence-corrected chi connectivity index (χ2v) is 6.36. The lowest BCUT2D eigenvalue weighted by molar-refractivity contribution is 0.211. The number of nitrogens with two attached hydrogens (primary N) is 1. The second kappa shape index (κ2) is 6.45. The fourth-order valence-corrected chi connectivity index (χ4v) is 3.51. The lowest BCUT2D eigenvalue weighted by Gasteiger charge is -2.43. The molecule has 4 heteroatoms. The van der Waals surface area contributed by atoms with Gasteiger partial charge in [0.05, 0.1) is 10.0 Å². The summed E-state index contributed by atoms with van der Waals surface area (Å²) in [5.74, 6) is 0.530. The van der Waals surface area contributed by atoms with Gasteiger partial charge in [-0.1, -0.05) is 36.2 Å². The lowest BCUT2D eigenvalue weighted by atomic mass is 9.65. The summed E-state index contributed by atoms with van der Waals surface area (Å²) in [5, 5.41) is 4.79. The van der Waals surface area contributed by atoms with Gasteiger partial charge in [-0.2, -0.15) is 0 Å². The molecule has 0 aromatic heterocycles. The highest BCUT2D eigenvalue weighted by molar-refractivity contribution is 6.42. The van der Waals surface area contributed by atoms with Crippen LogP contribution in [0.5, 0.6) is 0 Å². The Labute approximate surface area is 125 Å². The van der Waals surface area contributed by atoms with Crippen molar-refractivity contribution < 1.29 is 0 Å². The first-order chi connectivity index (χ1) is 9.10. The topological polar surface area (TPSA) is 38.0 Å². The van der Waals surface area contributed by atoms with E-state index in [0.29, 0.717) is 16.0 Å². The van der Waals surface area contributed by atoms with E-state index in [-0.39, 0.29) is 5.41 Å². The summed E-state index contributed by atoms with van der Waals surface area (Å²) in [6.07, 6.45) is 3.40. The third kappa shape index (κ3) is 3.08. The molecule has 106 valence electrons. The molecule has 0 bridgehead atoms. The molecular formula is C15H22Cl2N2. The van der Waals surface area contributed by atoms with Crippen molar-refractivity contribution >= 4 is 23.2 Å². The summed E-state index contributed by atoms with van der Waals surface area (Å²) in [5.41, 5.74) is 7.18. The zero-order valence-corrected chi connectivity index (χ0v) is 12.9. The molecule has 1 aliphatic rings. The van der Waals surface area contributed by atoms with Gasteiger partial charge in [0.25, 0.3) is 0 Å². The third-order valence-corrected chi connectivity index (χ3v) is 5.19. The molecule has 1 heterocycles. The van der Waals surface area contributed by atoms with Gasteiger partial charge in [-0.25, -0.2) is 0 Å². The summed E-state index contributed by atoms with van der Waals surface area (Å²) in [6, 6.07) is 6.06. The number of benzene rings is 1. The van der Waals surface area contributed by atoms with E-state index >= 15 is 0 Å². The average molecular weight is 301 g/mol. The van der Waals surface area contributed by atoms with Crippen LogP contribution in [-0.2, 0) is 5.41 Å². The van der Waals surface area contributed by atoms with E-state index in [9.17, 15) is 0 Å². The van der Waals surface area contributed by atoms with Crippen LogP contribution in [0.2, 0.25) is 10.0 Å². The van der Waals surface area contributed by atoms with Crippen molar-refractivity contribution in [2.24, 2.45) is 11.7 Å². The molecule has 0 aliphatic carbocycles. The number of piperidine rings is 1. The summed E-state index contributed by atoms with van der Waals surface area (Å²) < 4.78 is 0. The van der Waals surface area contributed by atoms with Crippen molar-refractivity contribution in [1.82, 2.24) is 5.32 Å². The van der Waals surface area contributed by atoms with Gasteiger partial charge in [0.1, 0.15) is 0 Å². The van der Waals surface area contributed by atoms with E-state index in [1.54, 1.807) is 0 Å². The molecule has 1 fully saturated rings. The minimum atomic E-state index is 0.131. The lowest BCUT2D eigenvalue weighted by Crippen LogP contribution is -2.48. The molecule has 2 rings (SSSR count). The molecular weight excluding hydrogens is 279 g/mol. The van der Waals surface area contributed by atoms with Gasteiger partial charge in [0, 0.05) is 12.0 Å². The van der Waals surface area contributed by atoms with E-state index in [1.165, 1.54) is 18.4 Å². The SMILES string of the molecule is CC(CCN)C1(c2ccc(Cl)c(Cl)c2)CCCNC1. The molecule has 2 atom stereocenters. The maximum Gasteiger partial charge on any atom is 0.0595 e. The number of hydrogen-bond donors (Lipinski definition) is 2. The van der Waals surface area contributed by atoms with Gasteiger partial charge < -0.3 is 11.1 Å². The normalized spacial score (nSPS) is 25.3. The maximum atomic E-state index is 6.20. The predicted octanol–water partition coefficient (Wildman–Crippen LogP) is 3.60. The van der Waals surface area contributed by atoms with Gasteiger partial charge in [0.2, 0.25) is 0 Å². The van der Waals surface area contributed by atoms with Gasteiger partial charge in [-0.05, 0) is 56.0 Å². The Kier molecular flexibility index (Phi) is 5.13. The minimum Gasteiger partial charge on any atom is -0.330 e. The summed E-state index contributed by atoms with van der Waals surface area (Å²) in [4.78, 5) is 0. The molecule has 2 nitrogen and oxygen atoms in total. The van der Waals surface area contributed by atoms with Crippen molar-refractivity contribution in [3.8, 4) is 0 Å². The van der Waals surface area contributed by atoms with Crippen molar-refractivity contribution in [2.75, 3.05) is 19.6 Å². The molecule has 19 heavy (non-hydrogen) atoms. The van der Waals surface area contributed by atoms with Gasteiger partial charge in [0.15, 0.2) is 0 Å². The molecule has 0 amide bonds. The summed E-state index contributed by atoms with van der Waals surface area (Å²) >= 11 is 12.2. The van der Waals surface area contributed by atoms with Crippen LogP contribution in [0.15, 0.2) is 18.2 Å². The molecule has 1 aromatic carbocycles. The summed E-state index contributed by atoms with van der Waals surface area (Å²) in [7, 11) is 0. The largest absolute Gasteiger partial charge is 0.330 e. The number of rotatable bonds is 4. The Morgan fingerprint density at radius 2 is 2.16 bits per heavy atom. The van der Waals surface area contributed by atoms with Crippen LogP contribution in [0, 0.1) is 5.92 Å². The zero-order valence-electron chi connectivity index (χ0n) is 11.4. The van der Waals surface area contributed by atoms with Gasteiger partial charge in [-0.3, -0.25) is 0 Å². The van der Waals surface area contributed by atoms with E-state index in [1.807, 2.05) is 12.1 Å². The van der Waals surface area contributed by atoms with Crippen molar-refractivity contribution in [3.05, 3.63) is 33.8 Å². The van der Waals surface area contributed by atoms with Crippen molar-refractivity contribution in [1.29, 1.82) is 0 Å². The Balaban J connectivity index is 2.38. The highest BCUT2D eigenvalue weighted by Gasteiger charge is 2.38. The smallest absolute Gasteiger partial charge is 0.0595 e. The predicted molar refractivity (Wildman–Crippen MR) is 83.1 cm³/mol. The quantitative estimate of drug-likeness (QED) is 0.891. The van der Waals surface area contributed by atoms with E-state index < -0.39 is 0 Å². The van der Waals surface area contributed by atoms with Crippen molar-refractivity contribution in [2.45, 2.75) is 31.6 Å². The van der Waals surface area contributed by atoms with Crippen molar-refractivity contribution in [3.63, 3.8) is 0 Å². The van der Waals surface area contributed by atoms with Gasteiger partial charge in [-0.15, -0.1) is 0 Å². The highest BCUT2D eigenvalue weighted by Crippen LogP contribution is 2.41. The van der Waals surface area contributed by atoms with Crippen LogP contribution in [0.25, 0.3) is 0 Å². The molecule has 1 saturated heterocycles. The van der Waals surface area contributed by atoms with E-state index in [4.69, 9.17) is 28.9 Å². The maximum absolute atomic E-state index is 6.20. The zero-order chi connectivity index (χ0) is 13.9. The Morgan fingerprint density at radius 3 is 2.74 bits per heavy atom. The van der Waals surface area contributed by atoms with Gasteiger partial charge >= 0.3 is 0 Å². The van der Waals surface area contributed by atoms with Crippen LogP contribution in [0.3, 0.4) is 0 Å². The number of hydrogen-bond acceptors (Lipinski definition) is 2. The fraction of sp³-hybridized carbons (Fsp3) is 0.600. The number of halogens is 2.